The molecule has 0 saturated heterocycles. The van der Waals surface area contributed by atoms with Crippen molar-refractivity contribution in [3.63, 3.8) is 0 Å². The number of carbonyl (C=O) groups excluding carboxylic acids is 1. The average Bonchev–Trinajstić information content (AvgIpc) is 3.16. The Hall–Kier alpha value is -3.38. The molecule has 1 amide bonds. The molecule has 150 valence electrons. The summed E-state index contributed by atoms with van der Waals surface area (Å²) >= 11 is 1.49. The van der Waals surface area contributed by atoms with Gasteiger partial charge in [0.1, 0.15) is 6.61 Å². The molecule has 5 nitrogen and oxygen atoms in total. The first-order valence-electron chi connectivity index (χ1n) is 9.75. The fourth-order valence-electron chi connectivity index (χ4n) is 3.65. The minimum atomic E-state index is -0.757. The predicted molar refractivity (Wildman–Crippen MR) is 119 cm³/mol. The zero-order chi connectivity index (χ0) is 20.7. The molecule has 0 fully saturated rings. The third-order valence-electron chi connectivity index (χ3n) is 4.94. The van der Waals surface area contributed by atoms with Gasteiger partial charge < -0.3 is 9.47 Å². The molecule has 30 heavy (non-hydrogen) atoms. The van der Waals surface area contributed by atoms with Gasteiger partial charge in [0.25, 0.3) is 5.91 Å². The van der Waals surface area contributed by atoms with Crippen molar-refractivity contribution in [1.29, 1.82) is 0 Å². The number of aromatic nitrogens is 1. The Labute approximate surface area is 178 Å². The van der Waals surface area contributed by atoms with Gasteiger partial charge in [0.15, 0.2) is 16.6 Å². The summed E-state index contributed by atoms with van der Waals surface area (Å²) in [5.41, 5.74) is 3.80. The summed E-state index contributed by atoms with van der Waals surface area (Å²) in [5, 5.41) is 0.619. The largest absolute Gasteiger partial charge is 0.485 e. The van der Waals surface area contributed by atoms with Crippen LogP contribution in [0.3, 0.4) is 0 Å². The highest BCUT2D eigenvalue weighted by atomic mass is 32.1. The Balaban J connectivity index is 1.58. The van der Waals surface area contributed by atoms with E-state index in [2.05, 4.69) is 6.07 Å². The van der Waals surface area contributed by atoms with Crippen molar-refractivity contribution in [3.05, 3.63) is 77.9 Å². The topological polar surface area (TPSA) is 51.7 Å². The molecule has 0 bridgehead atoms. The van der Waals surface area contributed by atoms with E-state index >= 15 is 0 Å². The minimum absolute atomic E-state index is 0.155. The van der Waals surface area contributed by atoms with Gasteiger partial charge in [0.2, 0.25) is 6.10 Å². The van der Waals surface area contributed by atoms with Gasteiger partial charge in [-0.15, -0.1) is 0 Å². The lowest BCUT2D eigenvalue weighted by atomic mass is 10.1. The lowest BCUT2D eigenvalue weighted by Gasteiger charge is -2.30. The van der Waals surface area contributed by atoms with Crippen LogP contribution in [-0.4, -0.2) is 23.6 Å². The number of thiazole rings is 1. The first kappa shape index (κ1) is 18.6. The summed E-state index contributed by atoms with van der Waals surface area (Å²) in [6.07, 6.45) is -0.757. The van der Waals surface area contributed by atoms with Crippen LogP contribution in [0, 0.1) is 13.8 Å². The highest BCUT2D eigenvalue weighted by Gasteiger charge is 2.34. The number of anilines is 2. The van der Waals surface area contributed by atoms with Gasteiger partial charge in [-0.1, -0.05) is 41.7 Å². The second kappa shape index (κ2) is 7.46. The molecule has 3 aromatic carbocycles. The Bertz CT molecular complexity index is 1200. The van der Waals surface area contributed by atoms with Crippen LogP contribution in [0.2, 0.25) is 0 Å². The molecule has 6 heteroatoms. The Morgan fingerprint density at radius 3 is 2.47 bits per heavy atom. The summed E-state index contributed by atoms with van der Waals surface area (Å²) in [6, 6.07) is 21.4. The zero-order valence-corrected chi connectivity index (χ0v) is 17.5. The molecule has 1 atom stereocenters. The molecule has 0 N–H and O–H groups in total. The van der Waals surface area contributed by atoms with E-state index in [1.807, 2.05) is 74.5 Å². The fourth-order valence-corrected chi connectivity index (χ4v) is 4.64. The predicted octanol–water partition coefficient (Wildman–Crippen LogP) is 5.42. The maximum atomic E-state index is 13.7. The molecular formula is C24H20N2O3S. The zero-order valence-electron chi connectivity index (χ0n) is 16.7. The van der Waals surface area contributed by atoms with Gasteiger partial charge in [0.05, 0.1) is 15.9 Å². The molecule has 0 saturated carbocycles. The minimum Gasteiger partial charge on any atom is -0.485 e. The first-order valence-corrected chi connectivity index (χ1v) is 10.6. The van der Waals surface area contributed by atoms with Crippen molar-refractivity contribution in [2.75, 3.05) is 11.5 Å². The maximum absolute atomic E-state index is 13.7. The summed E-state index contributed by atoms with van der Waals surface area (Å²) in [7, 11) is 0. The molecular weight excluding hydrogens is 396 g/mol. The lowest BCUT2D eigenvalue weighted by molar-refractivity contribution is -0.126. The quantitative estimate of drug-likeness (QED) is 0.448. The van der Waals surface area contributed by atoms with Gasteiger partial charge in [-0.05, 0) is 61.4 Å². The highest BCUT2D eigenvalue weighted by Crippen LogP contribution is 2.37. The van der Waals surface area contributed by atoms with Crippen molar-refractivity contribution in [2.24, 2.45) is 0 Å². The van der Waals surface area contributed by atoms with Gasteiger partial charge in [0, 0.05) is 0 Å². The second-order valence-corrected chi connectivity index (χ2v) is 8.36. The van der Waals surface area contributed by atoms with Crippen molar-refractivity contribution >= 4 is 38.3 Å². The van der Waals surface area contributed by atoms with Crippen LogP contribution in [0.25, 0.3) is 10.2 Å². The number of ether oxygens (including phenoxy) is 2. The van der Waals surface area contributed by atoms with Crippen LogP contribution in [0.15, 0.2) is 66.7 Å². The first-order chi connectivity index (χ1) is 14.6. The SMILES string of the molecule is Cc1cc(C)cc(N(C(=O)[C@@H]2COc3ccccc3O2)c2nc3ccccc3s2)c1. The number of nitrogens with zero attached hydrogens (tertiary/aromatic N) is 2. The monoisotopic (exact) mass is 416 g/mol. The number of fused-ring (bicyclic) bond motifs is 2. The number of aryl methyl sites for hydroxylation is 2. The van der Waals surface area contributed by atoms with E-state index in [1.54, 1.807) is 4.90 Å². The molecule has 0 aliphatic carbocycles. The number of hydrogen-bond donors (Lipinski definition) is 0. The fraction of sp³-hybridized carbons (Fsp3) is 0.167. The number of amides is 1. The lowest BCUT2D eigenvalue weighted by Crippen LogP contribution is -2.44. The van der Waals surface area contributed by atoms with Gasteiger partial charge >= 0.3 is 0 Å². The standard InChI is InChI=1S/C24H20N2O3S/c1-15-11-16(2)13-17(12-15)26(24-25-18-7-3-6-10-22(18)30-24)23(27)21-14-28-19-8-4-5-9-20(19)29-21/h3-13,21H,14H2,1-2H3/t21-/m0/s1. The molecule has 0 radical (unpaired) electrons. The maximum Gasteiger partial charge on any atom is 0.278 e. The number of carbonyl (C=O) groups is 1. The molecule has 1 aliphatic rings. The highest BCUT2D eigenvalue weighted by molar-refractivity contribution is 7.22. The van der Waals surface area contributed by atoms with Crippen LogP contribution >= 0.6 is 11.3 Å². The van der Waals surface area contributed by atoms with Crippen molar-refractivity contribution in [2.45, 2.75) is 20.0 Å². The smallest absolute Gasteiger partial charge is 0.278 e. The van der Waals surface area contributed by atoms with Crippen LogP contribution in [0.1, 0.15) is 11.1 Å². The molecule has 1 aliphatic heterocycles. The number of para-hydroxylation sites is 3. The van der Waals surface area contributed by atoms with Gasteiger partial charge in [-0.2, -0.15) is 0 Å². The average molecular weight is 417 g/mol. The van der Waals surface area contributed by atoms with E-state index in [0.717, 1.165) is 27.0 Å². The Morgan fingerprint density at radius 1 is 1.00 bits per heavy atom. The Kier molecular flexibility index (Phi) is 4.64. The van der Waals surface area contributed by atoms with Crippen LogP contribution in [0.5, 0.6) is 11.5 Å². The third-order valence-corrected chi connectivity index (χ3v) is 5.96. The van der Waals surface area contributed by atoms with Gasteiger partial charge in [-0.25, -0.2) is 4.98 Å². The van der Waals surface area contributed by atoms with Gasteiger partial charge in [-0.3, -0.25) is 9.69 Å². The third kappa shape index (κ3) is 3.39. The van der Waals surface area contributed by atoms with E-state index < -0.39 is 6.10 Å². The van der Waals surface area contributed by atoms with Crippen LogP contribution in [0.4, 0.5) is 10.8 Å². The summed E-state index contributed by atoms with van der Waals surface area (Å²) in [5.74, 6) is 1.03. The second-order valence-electron chi connectivity index (χ2n) is 7.35. The Morgan fingerprint density at radius 2 is 1.70 bits per heavy atom. The molecule has 0 spiro atoms. The molecule has 4 aromatic rings. The van der Waals surface area contributed by atoms with Crippen molar-refractivity contribution in [3.8, 4) is 11.5 Å². The van der Waals surface area contributed by atoms with Crippen molar-refractivity contribution in [1.82, 2.24) is 4.98 Å². The van der Waals surface area contributed by atoms with E-state index in [1.165, 1.54) is 11.3 Å². The van der Waals surface area contributed by atoms with E-state index in [4.69, 9.17) is 14.5 Å². The number of rotatable bonds is 3. The van der Waals surface area contributed by atoms with E-state index in [-0.39, 0.29) is 12.5 Å². The summed E-state index contributed by atoms with van der Waals surface area (Å²) < 4.78 is 12.8. The van der Waals surface area contributed by atoms with E-state index in [9.17, 15) is 4.79 Å². The van der Waals surface area contributed by atoms with Crippen LogP contribution < -0.4 is 14.4 Å². The molecule has 1 aromatic heterocycles. The van der Waals surface area contributed by atoms with Crippen molar-refractivity contribution < 1.29 is 14.3 Å². The van der Waals surface area contributed by atoms with Crippen LogP contribution in [-0.2, 0) is 4.79 Å². The molecule has 2 heterocycles. The molecule has 0 unspecified atom stereocenters. The van der Waals surface area contributed by atoms with E-state index in [0.29, 0.717) is 16.6 Å². The number of benzene rings is 3. The summed E-state index contributed by atoms with van der Waals surface area (Å²) in [6.45, 7) is 4.20. The normalized spacial score (nSPS) is 15.2. The summed E-state index contributed by atoms with van der Waals surface area (Å²) in [4.78, 5) is 20.1. The molecule has 5 rings (SSSR count). The number of hydrogen-bond acceptors (Lipinski definition) is 5.